The van der Waals surface area contributed by atoms with Gasteiger partial charge in [0.05, 0.1) is 26.6 Å². The van der Waals surface area contributed by atoms with Crippen LogP contribution in [0.15, 0.2) is 18.2 Å². The molecule has 3 amide bonds. The summed E-state index contributed by atoms with van der Waals surface area (Å²) in [6.45, 7) is 7.79. The molecule has 240 valence electrons. The number of aryl methyl sites for hydroxylation is 1. The number of benzene rings is 1. The molecular formula is C32H49N3O8. The number of aliphatic carboxylic acids is 1. The highest BCUT2D eigenvalue weighted by atomic mass is 16.6. The highest BCUT2D eigenvalue weighted by Crippen LogP contribution is 2.29. The van der Waals surface area contributed by atoms with Crippen LogP contribution < -0.4 is 14.8 Å². The van der Waals surface area contributed by atoms with Gasteiger partial charge in [0, 0.05) is 38.6 Å². The molecule has 0 saturated carbocycles. The summed E-state index contributed by atoms with van der Waals surface area (Å²) in [5, 5.41) is 12.4. The van der Waals surface area contributed by atoms with Crippen LogP contribution in [0.1, 0.15) is 77.7 Å². The Morgan fingerprint density at radius 1 is 1.00 bits per heavy atom. The molecule has 1 aromatic carbocycles. The Morgan fingerprint density at radius 2 is 1.70 bits per heavy atom. The first-order valence-electron chi connectivity index (χ1n) is 15.4. The van der Waals surface area contributed by atoms with Crippen LogP contribution in [0.25, 0.3) is 0 Å². The number of piperidine rings is 2. The monoisotopic (exact) mass is 603 g/mol. The molecule has 2 N–H and O–H groups in total. The van der Waals surface area contributed by atoms with Gasteiger partial charge in [0.2, 0.25) is 11.8 Å². The zero-order chi connectivity index (χ0) is 31.6. The summed E-state index contributed by atoms with van der Waals surface area (Å²) in [7, 11) is 3.12. The average molecular weight is 604 g/mol. The Balaban J connectivity index is 1.46. The van der Waals surface area contributed by atoms with Gasteiger partial charge in [0.25, 0.3) is 0 Å². The van der Waals surface area contributed by atoms with Crippen LogP contribution in [-0.2, 0) is 25.5 Å². The summed E-state index contributed by atoms with van der Waals surface area (Å²) >= 11 is 0. The summed E-state index contributed by atoms with van der Waals surface area (Å²) in [4.78, 5) is 53.7. The molecule has 0 aliphatic carbocycles. The summed E-state index contributed by atoms with van der Waals surface area (Å²) < 4.78 is 16.1. The van der Waals surface area contributed by atoms with E-state index in [0.717, 1.165) is 31.2 Å². The molecule has 2 atom stereocenters. The van der Waals surface area contributed by atoms with Crippen LogP contribution in [-0.4, -0.2) is 90.8 Å². The van der Waals surface area contributed by atoms with Gasteiger partial charge in [-0.15, -0.1) is 0 Å². The van der Waals surface area contributed by atoms with Crippen LogP contribution in [0.4, 0.5) is 4.79 Å². The number of nitrogens with one attached hydrogen (secondary N) is 1. The smallest absolute Gasteiger partial charge is 0.410 e. The Labute approximate surface area is 255 Å². The summed E-state index contributed by atoms with van der Waals surface area (Å²) in [6, 6.07) is 5.03. The van der Waals surface area contributed by atoms with E-state index in [1.165, 1.54) is 0 Å². The van der Waals surface area contributed by atoms with Gasteiger partial charge in [-0.3, -0.25) is 14.4 Å². The molecule has 3 rings (SSSR count). The molecule has 2 aliphatic heterocycles. The lowest BCUT2D eigenvalue weighted by Gasteiger charge is -2.35. The topological polar surface area (TPSA) is 135 Å². The van der Waals surface area contributed by atoms with E-state index in [-0.39, 0.29) is 30.2 Å². The van der Waals surface area contributed by atoms with E-state index in [2.05, 4.69) is 5.32 Å². The fourth-order valence-corrected chi connectivity index (χ4v) is 5.77. The second-order valence-corrected chi connectivity index (χ2v) is 12.7. The number of carbonyl (C=O) groups is 4. The number of carbonyl (C=O) groups excluding carboxylic acids is 3. The normalized spacial score (nSPS) is 18.5. The van der Waals surface area contributed by atoms with Gasteiger partial charge in [-0.1, -0.05) is 6.07 Å². The van der Waals surface area contributed by atoms with E-state index < -0.39 is 17.6 Å². The molecule has 2 heterocycles. The van der Waals surface area contributed by atoms with Crippen molar-refractivity contribution in [3.63, 3.8) is 0 Å². The van der Waals surface area contributed by atoms with Gasteiger partial charge in [0.1, 0.15) is 5.60 Å². The van der Waals surface area contributed by atoms with Crippen molar-refractivity contribution < 1.29 is 38.5 Å². The molecule has 11 nitrogen and oxygen atoms in total. The third kappa shape index (κ3) is 10.9. The van der Waals surface area contributed by atoms with Crippen molar-refractivity contribution in [2.45, 2.75) is 90.2 Å². The van der Waals surface area contributed by atoms with Crippen molar-refractivity contribution in [2.24, 2.45) is 11.8 Å². The van der Waals surface area contributed by atoms with Gasteiger partial charge < -0.3 is 34.4 Å². The molecule has 1 aromatic rings. The molecule has 43 heavy (non-hydrogen) atoms. The summed E-state index contributed by atoms with van der Waals surface area (Å²) in [6.07, 6.45) is 4.79. The second-order valence-electron chi connectivity index (χ2n) is 12.7. The predicted molar refractivity (Wildman–Crippen MR) is 161 cm³/mol. The summed E-state index contributed by atoms with van der Waals surface area (Å²) in [5.74, 6) is 0.0722. The second kappa shape index (κ2) is 15.8. The van der Waals surface area contributed by atoms with Crippen molar-refractivity contribution in [2.75, 3.05) is 40.4 Å². The quantitative estimate of drug-likeness (QED) is 0.362. The number of hydrogen-bond acceptors (Lipinski definition) is 7. The molecule has 0 aromatic heterocycles. The number of methoxy groups -OCH3 is 2. The lowest BCUT2D eigenvalue weighted by molar-refractivity contribution is -0.138. The maximum absolute atomic E-state index is 13.2. The van der Waals surface area contributed by atoms with Gasteiger partial charge in [-0.2, -0.15) is 0 Å². The van der Waals surface area contributed by atoms with Crippen molar-refractivity contribution in [3.05, 3.63) is 23.8 Å². The van der Waals surface area contributed by atoms with E-state index >= 15 is 0 Å². The van der Waals surface area contributed by atoms with E-state index in [1.54, 1.807) is 30.1 Å². The number of carboxylic acid groups (broad SMARTS) is 1. The fourth-order valence-electron chi connectivity index (χ4n) is 5.77. The van der Waals surface area contributed by atoms with E-state index in [4.69, 9.17) is 14.2 Å². The first-order chi connectivity index (χ1) is 20.4. The third-order valence-corrected chi connectivity index (χ3v) is 8.17. The molecule has 0 spiro atoms. The van der Waals surface area contributed by atoms with E-state index in [0.29, 0.717) is 69.3 Å². The molecule has 2 saturated heterocycles. The zero-order valence-corrected chi connectivity index (χ0v) is 26.4. The molecule has 2 fully saturated rings. The maximum Gasteiger partial charge on any atom is 0.410 e. The van der Waals surface area contributed by atoms with Gasteiger partial charge >= 0.3 is 12.1 Å². The Bertz CT molecular complexity index is 1110. The molecule has 11 heteroatoms. The fraction of sp³-hybridized carbons (Fsp3) is 0.688. The van der Waals surface area contributed by atoms with E-state index in [1.807, 2.05) is 32.9 Å². The Kier molecular flexibility index (Phi) is 12.5. The number of rotatable bonds is 12. The van der Waals surface area contributed by atoms with Crippen molar-refractivity contribution in [3.8, 4) is 11.5 Å². The average Bonchev–Trinajstić information content (AvgIpc) is 2.97. The Hall–Kier alpha value is -3.50. The Morgan fingerprint density at radius 3 is 2.33 bits per heavy atom. The number of hydrogen-bond donors (Lipinski definition) is 2. The molecule has 0 radical (unpaired) electrons. The number of carboxylic acids is 1. The third-order valence-electron chi connectivity index (χ3n) is 8.17. The van der Waals surface area contributed by atoms with Crippen LogP contribution in [0.3, 0.4) is 0 Å². The van der Waals surface area contributed by atoms with Crippen LogP contribution in [0, 0.1) is 11.8 Å². The van der Waals surface area contributed by atoms with E-state index in [9.17, 15) is 24.3 Å². The molecule has 2 aliphatic rings. The lowest BCUT2D eigenvalue weighted by Crippen LogP contribution is -2.48. The van der Waals surface area contributed by atoms with Crippen LogP contribution in [0.2, 0.25) is 0 Å². The minimum Gasteiger partial charge on any atom is -0.493 e. The lowest BCUT2D eigenvalue weighted by atomic mass is 9.91. The largest absolute Gasteiger partial charge is 0.493 e. The van der Waals surface area contributed by atoms with Crippen molar-refractivity contribution in [1.29, 1.82) is 0 Å². The zero-order valence-electron chi connectivity index (χ0n) is 26.4. The standard InChI is InChI=1S/C32H49N3O8/c1-32(2,3)43-31(40)34-17-14-22(15-18-34)10-13-28(36)35-16-6-7-24(21-35)30(39)33-25(20-29(37)38)11-8-23-9-12-26(41-4)27(19-23)42-5/h9,12,19,22,24-25H,6-8,10-11,13-18,20-21H2,1-5H3,(H,33,39)(H,37,38)/t24-,25?/m1/s1. The number of likely N-dealkylation sites (tertiary alicyclic amines) is 2. The SMILES string of the molecule is COc1ccc(CCC(CC(=O)O)NC(=O)[C@@H]2CCCN(C(=O)CCC3CCN(C(=O)OC(C)(C)C)CC3)C2)cc1OC. The van der Waals surface area contributed by atoms with Crippen LogP contribution in [0.5, 0.6) is 11.5 Å². The minimum atomic E-state index is -0.977. The maximum atomic E-state index is 13.2. The molecule has 1 unspecified atom stereocenters. The predicted octanol–water partition coefficient (Wildman–Crippen LogP) is 4.26. The first-order valence-corrected chi connectivity index (χ1v) is 15.4. The molecular weight excluding hydrogens is 554 g/mol. The van der Waals surface area contributed by atoms with Crippen LogP contribution >= 0.6 is 0 Å². The molecule has 0 bridgehead atoms. The van der Waals surface area contributed by atoms with Crippen molar-refractivity contribution in [1.82, 2.24) is 15.1 Å². The van der Waals surface area contributed by atoms with Crippen molar-refractivity contribution >= 4 is 23.9 Å². The number of ether oxygens (including phenoxy) is 3. The highest BCUT2D eigenvalue weighted by molar-refractivity contribution is 5.82. The highest BCUT2D eigenvalue weighted by Gasteiger charge is 2.31. The summed E-state index contributed by atoms with van der Waals surface area (Å²) in [5.41, 5.74) is 0.430. The minimum absolute atomic E-state index is 0.0441. The number of nitrogens with zero attached hydrogens (tertiary/aromatic N) is 2. The van der Waals surface area contributed by atoms with Gasteiger partial charge in [-0.25, -0.2) is 4.79 Å². The van der Waals surface area contributed by atoms with Gasteiger partial charge in [0.15, 0.2) is 11.5 Å². The number of amides is 3. The van der Waals surface area contributed by atoms with Gasteiger partial charge in [-0.05, 0) is 89.3 Å². The first kappa shape index (κ1) is 34.0.